The van der Waals surface area contributed by atoms with Crippen molar-refractivity contribution in [3.8, 4) is 0 Å². The van der Waals surface area contributed by atoms with E-state index in [0.717, 1.165) is 32.2 Å². The second-order valence-corrected chi connectivity index (χ2v) is 10.4. The van der Waals surface area contributed by atoms with E-state index in [2.05, 4.69) is 12.2 Å². The summed E-state index contributed by atoms with van der Waals surface area (Å²) in [7, 11) is 4.92. The molecule has 7 nitrogen and oxygen atoms in total. The first kappa shape index (κ1) is 19.5. The molecule has 166 valence electrons. The van der Waals surface area contributed by atoms with Gasteiger partial charge in [0, 0.05) is 43.6 Å². The second-order valence-electron chi connectivity index (χ2n) is 10.4. The zero-order chi connectivity index (χ0) is 20.8. The predicted molar refractivity (Wildman–Crippen MR) is 106 cm³/mol. The van der Waals surface area contributed by atoms with E-state index >= 15 is 0 Å². The van der Waals surface area contributed by atoms with E-state index in [0.29, 0.717) is 17.8 Å². The van der Waals surface area contributed by atoms with E-state index < -0.39 is 6.10 Å². The highest BCUT2D eigenvalue weighted by molar-refractivity contribution is 5.69. The maximum Gasteiger partial charge on any atom is 0.409 e. The standard InChI is InChI=1S/C23H33NO6/c1-27-11-30-18-12-6-7-22(20(18)25)15-9-14-13-4-5-17(28-2)23(14,16(22)8-12)19(15)24(10-13)21(26)29-3/h6-7,12-20,25H,4-5,8-11H2,1-3H3/t12?,13?,14-,15+,16?,17?,18?,19?,20?,22?,23?/m1/s1. The lowest BCUT2D eigenvalue weighted by Gasteiger charge is -2.65. The molecule has 5 fully saturated rings. The van der Waals surface area contributed by atoms with Crippen LogP contribution in [-0.2, 0) is 18.9 Å². The normalized spacial score (nSPS) is 54.4. The lowest BCUT2D eigenvalue weighted by molar-refractivity contribution is -0.235. The van der Waals surface area contributed by atoms with Crippen LogP contribution >= 0.6 is 0 Å². The first-order valence-electron chi connectivity index (χ1n) is 11.4. The lowest BCUT2D eigenvalue weighted by atomic mass is 9.43. The largest absolute Gasteiger partial charge is 0.453 e. The summed E-state index contributed by atoms with van der Waals surface area (Å²) in [6, 6.07) is 0.0562. The number of hydrogen-bond donors (Lipinski definition) is 1. The molecule has 30 heavy (non-hydrogen) atoms. The summed E-state index contributed by atoms with van der Waals surface area (Å²) in [6.07, 6.45) is 7.75. The molecule has 7 bridgehead atoms. The SMILES string of the molecule is COCOC1C2C=CC3(C1O)C(C2)C12C(OC)CCC4CN(C(=O)OC)C1[C@@H]3C[C@H]42. The number of hydrogen-bond acceptors (Lipinski definition) is 6. The van der Waals surface area contributed by atoms with E-state index in [-0.39, 0.29) is 53.8 Å². The molecule has 4 saturated carbocycles. The molecule has 9 unspecified atom stereocenters. The van der Waals surface area contributed by atoms with Gasteiger partial charge in [0.2, 0.25) is 0 Å². The van der Waals surface area contributed by atoms with Gasteiger partial charge in [0.1, 0.15) is 6.79 Å². The third-order valence-corrected chi connectivity index (χ3v) is 10.0. The quantitative estimate of drug-likeness (QED) is 0.555. The summed E-state index contributed by atoms with van der Waals surface area (Å²) in [4.78, 5) is 14.9. The van der Waals surface area contributed by atoms with Crippen LogP contribution in [0.2, 0.25) is 0 Å². The summed E-state index contributed by atoms with van der Waals surface area (Å²) >= 11 is 0. The van der Waals surface area contributed by atoms with Crippen LogP contribution < -0.4 is 0 Å². The van der Waals surface area contributed by atoms with E-state index in [4.69, 9.17) is 18.9 Å². The van der Waals surface area contributed by atoms with Crippen molar-refractivity contribution < 1.29 is 28.8 Å². The van der Waals surface area contributed by atoms with Gasteiger partial charge in [-0.2, -0.15) is 0 Å². The third kappa shape index (κ3) is 1.95. The molecular formula is C23H33NO6. The molecule has 7 heteroatoms. The van der Waals surface area contributed by atoms with Gasteiger partial charge >= 0.3 is 6.09 Å². The smallest absolute Gasteiger partial charge is 0.409 e. The molecule has 1 aliphatic heterocycles. The molecule has 2 spiro atoms. The van der Waals surface area contributed by atoms with Crippen LogP contribution in [0.1, 0.15) is 25.7 Å². The predicted octanol–water partition coefficient (Wildman–Crippen LogP) is 2.04. The summed E-state index contributed by atoms with van der Waals surface area (Å²) in [6.45, 7) is 0.956. The molecule has 1 saturated heterocycles. The lowest BCUT2D eigenvalue weighted by Crippen LogP contribution is -2.68. The van der Waals surface area contributed by atoms with Gasteiger partial charge in [0.05, 0.1) is 25.4 Å². The Morgan fingerprint density at radius 1 is 1.20 bits per heavy atom. The Bertz CT molecular complexity index is 773. The van der Waals surface area contributed by atoms with Crippen LogP contribution in [0.3, 0.4) is 0 Å². The highest BCUT2D eigenvalue weighted by atomic mass is 16.7. The Hall–Kier alpha value is -1.15. The Labute approximate surface area is 177 Å². The molecule has 0 aromatic carbocycles. The Balaban J connectivity index is 1.50. The Morgan fingerprint density at radius 2 is 2.03 bits per heavy atom. The van der Waals surface area contributed by atoms with Crippen molar-refractivity contribution in [2.45, 2.75) is 50.0 Å². The number of aliphatic hydroxyl groups excluding tert-OH is 1. The fourth-order valence-corrected chi connectivity index (χ4v) is 9.51. The van der Waals surface area contributed by atoms with Crippen molar-refractivity contribution in [3.05, 3.63) is 12.2 Å². The first-order valence-corrected chi connectivity index (χ1v) is 11.4. The zero-order valence-electron chi connectivity index (χ0n) is 18.0. The van der Waals surface area contributed by atoms with Crippen molar-refractivity contribution in [1.82, 2.24) is 4.90 Å². The number of nitrogens with zero attached hydrogens (tertiary/aromatic N) is 1. The fraction of sp³-hybridized carbons (Fsp3) is 0.870. The number of amides is 1. The monoisotopic (exact) mass is 419 g/mol. The minimum Gasteiger partial charge on any atom is -0.453 e. The summed E-state index contributed by atoms with van der Waals surface area (Å²) in [5.74, 6) is 1.72. The number of rotatable bonds is 4. The second kappa shape index (κ2) is 6.44. The molecule has 1 amide bonds. The Kier molecular flexibility index (Phi) is 4.19. The first-order chi connectivity index (χ1) is 14.5. The van der Waals surface area contributed by atoms with Gasteiger partial charge in [-0.3, -0.25) is 0 Å². The van der Waals surface area contributed by atoms with Gasteiger partial charge in [-0.05, 0) is 49.4 Å². The molecule has 0 aromatic heterocycles. The molecule has 6 aliphatic carbocycles. The number of fused-ring (bicyclic) bond motifs is 1. The molecule has 11 atom stereocenters. The minimum atomic E-state index is -0.593. The number of likely N-dealkylation sites (tertiary alicyclic amines) is 1. The van der Waals surface area contributed by atoms with Gasteiger partial charge in [-0.1, -0.05) is 12.2 Å². The molecule has 1 heterocycles. The third-order valence-electron chi connectivity index (χ3n) is 10.0. The number of carbonyl (C=O) groups is 1. The van der Waals surface area contributed by atoms with Crippen LogP contribution in [0.15, 0.2) is 12.2 Å². The Morgan fingerprint density at radius 3 is 2.77 bits per heavy atom. The molecular weight excluding hydrogens is 386 g/mol. The van der Waals surface area contributed by atoms with Gasteiger partial charge in [-0.25, -0.2) is 4.79 Å². The number of ether oxygens (including phenoxy) is 4. The summed E-state index contributed by atoms with van der Waals surface area (Å²) in [5.41, 5.74) is -0.478. The zero-order valence-corrected chi connectivity index (χ0v) is 18.0. The number of carbonyl (C=O) groups excluding carboxylic acids is 1. The van der Waals surface area contributed by atoms with Crippen molar-refractivity contribution in [2.75, 3.05) is 34.7 Å². The van der Waals surface area contributed by atoms with Gasteiger partial charge in [-0.15, -0.1) is 0 Å². The van der Waals surface area contributed by atoms with Crippen LogP contribution in [-0.4, -0.2) is 75.1 Å². The van der Waals surface area contributed by atoms with Crippen molar-refractivity contribution in [3.63, 3.8) is 0 Å². The average Bonchev–Trinajstić information content (AvgIpc) is 3.16. The molecule has 7 rings (SSSR count). The van der Waals surface area contributed by atoms with Crippen LogP contribution in [0, 0.1) is 40.4 Å². The minimum absolute atomic E-state index is 0.0562. The molecule has 0 aromatic rings. The molecule has 1 N–H and O–H groups in total. The molecule has 7 aliphatic rings. The van der Waals surface area contributed by atoms with Crippen molar-refractivity contribution in [1.29, 1.82) is 0 Å². The average molecular weight is 420 g/mol. The summed E-state index contributed by atoms with van der Waals surface area (Å²) in [5, 5.41) is 11.7. The van der Waals surface area contributed by atoms with Crippen molar-refractivity contribution >= 4 is 6.09 Å². The topological polar surface area (TPSA) is 77.5 Å². The highest BCUT2D eigenvalue weighted by Gasteiger charge is 2.83. The number of piperidine rings is 1. The van der Waals surface area contributed by atoms with E-state index in [1.165, 1.54) is 7.11 Å². The van der Waals surface area contributed by atoms with Crippen LogP contribution in [0.5, 0.6) is 0 Å². The van der Waals surface area contributed by atoms with E-state index in [9.17, 15) is 9.90 Å². The van der Waals surface area contributed by atoms with Crippen LogP contribution in [0.25, 0.3) is 0 Å². The summed E-state index contributed by atoms with van der Waals surface area (Å²) < 4.78 is 22.6. The number of methoxy groups -OCH3 is 3. The number of aliphatic hydroxyl groups is 1. The van der Waals surface area contributed by atoms with Crippen molar-refractivity contribution in [2.24, 2.45) is 40.4 Å². The maximum atomic E-state index is 12.9. The fourth-order valence-electron chi connectivity index (χ4n) is 9.51. The highest BCUT2D eigenvalue weighted by Crippen LogP contribution is 2.80. The maximum absolute atomic E-state index is 12.9. The molecule has 0 radical (unpaired) electrons. The van der Waals surface area contributed by atoms with E-state index in [1.54, 1.807) is 7.11 Å². The van der Waals surface area contributed by atoms with Crippen LogP contribution in [0.4, 0.5) is 4.79 Å². The van der Waals surface area contributed by atoms with Gasteiger partial charge < -0.3 is 29.0 Å². The van der Waals surface area contributed by atoms with Gasteiger partial charge in [0.25, 0.3) is 0 Å². The van der Waals surface area contributed by atoms with E-state index in [1.807, 2.05) is 12.0 Å². The van der Waals surface area contributed by atoms with Gasteiger partial charge in [0.15, 0.2) is 0 Å².